The largest absolute Gasteiger partial charge is 0.461 e. The van der Waals surface area contributed by atoms with Crippen molar-refractivity contribution in [2.24, 2.45) is 0 Å². The van der Waals surface area contributed by atoms with Gasteiger partial charge >= 0.3 is 0 Å². The van der Waals surface area contributed by atoms with E-state index in [1.54, 1.807) is 0 Å². The smallest absolute Gasteiger partial charge is 0.134 e. The highest BCUT2D eigenvalue weighted by Crippen LogP contribution is 2.29. The van der Waals surface area contributed by atoms with E-state index >= 15 is 0 Å². The molecule has 3 rings (SSSR count). The predicted molar refractivity (Wildman–Crippen MR) is 88.7 cm³/mol. The van der Waals surface area contributed by atoms with Gasteiger partial charge in [0.2, 0.25) is 0 Å². The Bertz CT molecular complexity index is 694. The van der Waals surface area contributed by atoms with Crippen LogP contribution in [0, 0.1) is 0 Å². The van der Waals surface area contributed by atoms with Crippen molar-refractivity contribution in [3.8, 4) is 0 Å². The average Bonchev–Trinajstić information content (AvgIpc) is 2.87. The molecule has 0 atom stereocenters. The number of rotatable bonds is 6. The fourth-order valence-corrected chi connectivity index (χ4v) is 2.88. The maximum Gasteiger partial charge on any atom is 0.134 e. The van der Waals surface area contributed by atoms with Crippen molar-refractivity contribution in [2.45, 2.75) is 39.0 Å². The van der Waals surface area contributed by atoms with Gasteiger partial charge in [-0.15, -0.1) is 0 Å². The molecule has 0 unspecified atom stereocenters. The van der Waals surface area contributed by atoms with Crippen molar-refractivity contribution >= 4 is 11.0 Å². The van der Waals surface area contributed by atoms with E-state index in [0.29, 0.717) is 0 Å². The van der Waals surface area contributed by atoms with Crippen LogP contribution in [0.1, 0.15) is 43.1 Å². The Morgan fingerprint density at radius 2 is 1.62 bits per heavy atom. The fourth-order valence-electron chi connectivity index (χ4n) is 2.88. The fraction of sp³-hybridized carbons (Fsp3) is 0.300. The van der Waals surface area contributed by atoms with Gasteiger partial charge in [-0.25, -0.2) is 0 Å². The molecule has 0 aliphatic heterocycles. The summed E-state index contributed by atoms with van der Waals surface area (Å²) in [6.45, 7) is 2.24. The summed E-state index contributed by atoms with van der Waals surface area (Å²) in [7, 11) is 0. The van der Waals surface area contributed by atoms with Crippen LogP contribution in [0.4, 0.5) is 0 Å². The number of hydrogen-bond donors (Lipinski definition) is 0. The summed E-state index contributed by atoms with van der Waals surface area (Å²) in [5.74, 6) is 1.17. The van der Waals surface area contributed by atoms with Crippen molar-refractivity contribution < 1.29 is 4.42 Å². The summed E-state index contributed by atoms with van der Waals surface area (Å²) in [6.07, 6.45) is 5.72. The van der Waals surface area contributed by atoms with Crippen LogP contribution in [-0.2, 0) is 12.8 Å². The Hall–Kier alpha value is -2.02. The van der Waals surface area contributed by atoms with Crippen molar-refractivity contribution in [2.75, 3.05) is 0 Å². The Balaban J connectivity index is 1.95. The zero-order valence-electron chi connectivity index (χ0n) is 12.6. The van der Waals surface area contributed by atoms with Gasteiger partial charge in [0.15, 0.2) is 0 Å². The highest BCUT2D eigenvalue weighted by Gasteiger charge is 2.13. The summed E-state index contributed by atoms with van der Waals surface area (Å²) in [5, 5.41) is 1.27. The van der Waals surface area contributed by atoms with Crippen molar-refractivity contribution in [3.05, 3.63) is 71.5 Å². The molecule has 1 aromatic heterocycles. The molecule has 21 heavy (non-hydrogen) atoms. The van der Waals surface area contributed by atoms with Crippen molar-refractivity contribution in [1.82, 2.24) is 0 Å². The lowest BCUT2D eigenvalue weighted by Crippen LogP contribution is -1.93. The lowest BCUT2D eigenvalue weighted by Gasteiger charge is -2.04. The minimum absolute atomic E-state index is 0.958. The summed E-state index contributed by atoms with van der Waals surface area (Å²) in [4.78, 5) is 0. The third-order valence-corrected chi connectivity index (χ3v) is 4.01. The first-order valence-electron chi connectivity index (χ1n) is 7.91. The maximum absolute atomic E-state index is 6.12. The van der Waals surface area contributed by atoms with E-state index in [1.807, 2.05) is 6.07 Å². The molecule has 0 aliphatic carbocycles. The minimum atomic E-state index is 0.958. The average molecular weight is 278 g/mol. The molecule has 0 radical (unpaired) electrons. The van der Waals surface area contributed by atoms with Gasteiger partial charge in [-0.2, -0.15) is 0 Å². The lowest BCUT2D eigenvalue weighted by atomic mass is 9.99. The van der Waals surface area contributed by atoms with Gasteiger partial charge in [0, 0.05) is 23.8 Å². The van der Waals surface area contributed by atoms with Gasteiger partial charge < -0.3 is 4.42 Å². The summed E-state index contributed by atoms with van der Waals surface area (Å²) in [6, 6.07) is 19.1. The van der Waals surface area contributed by atoms with Gasteiger partial charge in [0.05, 0.1) is 0 Å². The molecule has 0 amide bonds. The summed E-state index contributed by atoms with van der Waals surface area (Å²) < 4.78 is 6.12. The summed E-state index contributed by atoms with van der Waals surface area (Å²) in [5.41, 5.74) is 3.74. The van der Waals surface area contributed by atoms with Crippen molar-refractivity contribution in [1.29, 1.82) is 0 Å². The molecule has 1 nitrogen and oxygen atoms in total. The quantitative estimate of drug-likeness (QED) is 0.523. The molecule has 1 heteroatoms. The minimum Gasteiger partial charge on any atom is -0.461 e. The standard InChI is InChI=1S/C20H22O/c1-2-3-5-13-20-18(15-16-10-6-4-7-11-16)17-12-8-9-14-19(17)21-20/h4,6-12,14H,2-3,5,13,15H2,1H3. The monoisotopic (exact) mass is 278 g/mol. The molecule has 0 N–H and O–H groups in total. The van der Waals surface area contributed by atoms with Gasteiger partial charge in [-0.3, -0.25) is 0 Å². The number of furan rings is 1. The van der Waals surface area contributed by atoms with Gasteiger partial charge in [0.25, 0.3) is 0 Å². The van der Waals surface area contributed by atoms with Gasteiger partial charge in [0.1, 0.15) is 11.3 Å². The highest BCUT2D eigenvalue weighted by molar-refractivity contribution is 5.82. The molecule has 1 heterocycles. The van der Waals surface area contributed by atoms with Crippen LogP contribution in [0.25, 0.3) is 11.0 Å². The number of benzene rings is 2. The molecule has 0 aliphatic rings. The van der Waals surface area contributed by atoms with Crippen LogP contribution in [0.2, 0.25) is 0 Å². The second kappa shape index (κ2) is 6.62. The van der Waals surface area contributed by atoms with Gasteiger partial charge in [-0.1, -0.05) is 68.3 Å². The first kappa shape index (κ1) is 13.9. The highest BCUT2D eigenvalue weighted by atomic mass is 16.3. The van der Waals surface area contributed by atoms with Gasteiger partial charge in [-0.05, 0) is 18.1 Å². The van der Waals surface area contributed by atoms with Crippen LogP contribution in [0.5, 0.6) is 0 Å². The Labute approximate surface area is 126 Å². The zero-order chi connectivity index (χ0) is 14.5. The van der Waals surface area contributed by atoms with Crippen molar-refractivity contribution in [3.63, 3.8) is 0 Å². The second-order valence-electron chi connectivity index (χ2n) is 5.62. The first-order valence-corrected chi connectivity index (χ1v) is 7.91. The van der Waals surface area contributed by atoms with Crippen LogP contribution in [-0.4, -0.2) is 0 Å². The van der Waals surface area contributed by atoms with E-state index in [-0.39, 0.29) is 0 Å². The van der Waals surface area contributed by atoms with E-state index in [9.17, 15) is 0 Å². The molecule has 108 valence electrons. The zero-order valence-corrected chi connectivity index (χ0v) is 12.6. The number of para-hydroxylation sites is 1. The molecular weight excluding hydrogens is 256 g/mol. The maximum atomic E-state index is 6.12. The molecule has 0 bridgehead atoms. The third kappa shape index (κ3) is 3.18. The topological polar surface area (TPSA) is 13.1 Å². The predicted octanol–water partition coefficient (Wildman–Crippen LogP) is 5.76. The Kier molecular flexibility index (Phi) is 4.40. The Morgan fingerprint density at radius 1 is 0.857 bits per heavy atom. The number of hydrogen-bond acceptors (Lipinski definition) is 1. The summed E-state index contributed by atoms with van der Waals surface area (Å²) >= 11 is 0. The van der Waals surface area contributed by atoms with Crippen LogP contribution in [0.15, 0.2) is 59.0 Å². The second-order valence-corrected chi connectivity index (χ2v) is 5.62. The molecule has 0 spiro atoms. The number of fused-ring (bicyclic) bond motifs is 1. The van der Waals surface area contributed by atoms with E-state index in [0.717, 1.165) is 18.4 Å². The molecule has 2 aromatic carbocycles. The molecule has 0 saturated heterocycles. The van der Waals surface area contributed by atoms with E-state index in [1.165, 1.54) is 41.5 Å². The first-order chi connectivity index (χ1) is 10.4. The van der Waals surface area contributed by atoms with E-state index in [2.05, 4.69) is 55.5 Å². The lowest BCUT2D eigenvalue weighted by molar-refractivity contribution is 0.526. The van der Waals surface area contributed by atoms with E-state index in [4.69, 9.17) is 4.42 Å². The molecule has 0 fully saturated rings. The van der Waals surface area contributed by atoms with Crippen LogP contribution >= 0.6 is 0 Å². The molecule has 0 saturated carbocycles. The van der Waals surface area contributed by atoms with Crippen LogP contribution < -0.4 is 0 Å². The number of unbranched alkanes of at least 4 members (excludes halogenated alkanes) is 2. The molecular formula is C20H22O. The molecule has 3 aromatic rings. The normalized spacial score (nSPS) is 11.1. The third-order valence-electron chi connectivity index (χ3n) is 4.01. The number of aryl methyl sites for hydroxylation is 1. The van der Waals surface area contributed by atoms with E-state index < -0.39 is 0 Å². The van der Waals surface area contributed by atoms with Crippen LogP contribution in [0.3, 0.4) is 0 Å². The SMILES string of the molecule is CCCCCc1oc2ccccc2c1Cc1ccccc1. The Morgan fingerprint density at radius 3 is 2.43 bits per heavy atom.